The van der Waals surface area contributed by atoms with Crippen molar-refractivity contribution in [3.05, 3.63) is 35.9 Å². The molecule has 1 aliphatic heterocycles. The lowest BCUT2D eigenvalue weighted by atomic mass is 9.70. The van der Waals surface area contributed by atoms with E-state index in [1.54, 1.807) is 7.11 Å². The first-order chi connectivity index (χ1) is 25.4. The lowest BCUT2D eigenvalue weighted by Crippen LogP contribution is -2.64. The first-order valence-electron chi connectivity index (χ1n) is 20.5. The van der Waals surface area contributed by atoms with E-state index in [0.717, 1.165) is 76.3 Å². The van der Waals surface area contributed by atoms with Crippen molar-refractivity contribution in [1.82, 2.24) is 25.8 Å². The van der Waals surface area contributed by atoms with Crippen molar-refractivity contribution in [2.75, 3.05) is 54.2 Å². The molecule has 5 unspecified atom stereocenters. The number of likely N-dealkylation sites (tertiary alicyclic amines) is 1. The van der Waals surface area contributed by atoms with Gasteiger partial charge in [0.15, 0.2) is 0 Å². The van der Waals surface area contributed by atoms with E-state index in [0.29, 0.717) is 32.5 Å². The second-order valence-corrected chi connectivity index (χ2v) is 16.4. The van der Waals surface area contributed by atoms with E-state index in [1.807, 2.05) is 70.1 Å². The summed E-state index contributed by atoms with van der Waals surface area (Å²) in [6.45, 7) is 11.0. The smallest absolute Gasteiger partial charge is 0.240 e. The molecule has 11 nitrogen and oxygen atoms in total. The van der Waals surface area contributed by atoms with Crippen LogP contribution in [-0.2, 0) is 30.3 Å². The van der Waals surface area contributed by atoms with Gasteiger partial charge in [0.2, 0.25) is 17.7 Å². The van der Waals surface area contributed by atoms with E-state index in [-0.39, 0.29) is 48.9 Å². The summed E-state index contributed by atoms with van der Waals surface area (Å²) in [5.41, 5.74) is 0.0823. The summed E-state index contributed by atoms with van der Waals surface area (Å²) >= 11 is 0. The average Bonchev–Trinajstić information content (AvgIpc) is 3.16. The molecule has 2 aliphatic rings. The summed E-state index contributed by atoms with van der Waals surface area (Å²) < 4.78 is 10.9. The maximum atomic E-state index is 14.6. The Hall–Kier alpha value is -2.57. The standard InChI is InChI=1S/C42H73N5O6/c1-8-9-21-36(44-37(28-32-17-12-10-13-18-32)41(51)47-26-22-34(23-27-47)53-30-52-7)40(50)45-42(4,33-19-14-11-15-20-33)38(48)29-35(31(2)3)39(49)43-24-16-25-46(5)6/h10,12-13,17-18,31,33-38,44,48H,8-9,11,14-16,19-30H2,1-7H3,(H,43,49)(H,45,50). The van der Waals surface area contributed by atoms with Gasteiger partial charge in [0.25, 0.3) is 0 Å². The molecule has 302 valence electrons. The predicted molar refractivity (Wildman–Crippen MR) is 211 cm³/mol. The zero-order chi connectivity index (χ0) is 38.8. The Kier molecular flexibility index (Phi) is 19.8. The van der Waals surface area contributed by atoms with Crippen LogP contribution in [0.15, 0.2) is 30.3 Å². The maximum Gasteiger partial charge on any atom is 0.240 e. The quantitative estimate of drug-likeness (QED) is 0.0920. The van der Waals surface area contributed by atoms with Gasteiger partial charge in [0.05, 0.1) is 29.8 Å². The Morgan fingerprint density at radius 3 is 2.26 bits per heavy atom. The summed E-state index contributed by atoms with van der Waals surface area (Å²) in [5.74, 6) is -0.562. The van der Waals surface area contributed by atoms with Gasteiger partial charge in [0.1, 0.15) is 6.79 Å². The van der Waals surface area contributed by atoms with E-state index in [9.17, 15) is 19.5 Å². The number of unbranched alkanes of at least 4 members (excludes halogenated alkanes) is 1. The molecule has 53 heavy (non-hydrogen) atoms. The highest BCUT2D eigenvalue weighted by Gasteiger charge is 2.45. The molecule has 2 fully saturated rings. The molecule has 0 spiro atoms. The van der Waals surface area contributed by atoms with Crippen LogP contribution >= 0.6 is 0 Å². The van der Waals surface area contributed by atoms with Gasteiger partial charge in [-0.25, -0.2) is 0 Å². The van der Waals surface area contributed by atoms with Crippen molar-refractivity contribution in [3.63, 3.8) is 0 Å². The fourth-order valence-electron chi connectivity index (χ4n) is 8.05. The Morgan fingerprint density at radius 2 is 1.66 bits per heavy atom. The molecule has 1 saturated heterocycles. The summed E-state index contributed by atoms with van der Waals surface area (Å²) in [7, 11) is 5.64. The highest BCUT2D eigenvalue weighted by atomic mass is 16.7. The van der Waals surface area contributed by atoms with Crippen molar-refractivity contribution in [2.45, 2.75) is 141 Å². The third-order valence-electron chi connectivity index (χ3n) is 11.6. The second-order valence-electron chi connectivity index (χ2n) is 16.4. The lowest BCUT2D eigenvalue weighted by molar-refractivity contribution is -0.139. The normalized spacial score (nSPS) is 19.4. The Morgan fingerprint density at radius 1 is 0.981 bits per heavy atom. The summed E-state index contributed by atoms with van der Waals surface area (Å²) in [6.07, 6.45) is 9.47. The minimum Gasteiger partial charge on any atom is -0.391 e. The van der Waals surface area contributed by atoms with Crippen molar-refractivity contribution >= 4 is 17.7 Å². The minimum atomic E-state index is -0.939. The number of carbonyl (C=O) groups is 3. The van der Waals surface area contributed by atoms with Gasteiger partial charge in [-0.1, -0.05) is 83.2 Å². The monoisotopic (exact) mass is 744 g/mol. The number of rotatable bonds is 23. The van der Waals surface area contributed by atoms with Crippen LogP contribution < -0.4 is 16.0 Å². The molecule has 1 aromatic rings. The Balaban J connectivity index is 1.84. The molecule has 0 radical (unpaired) electrons. The van der Waals surface area contributed by atoms with Crippen LogP contribution in [0.2, 0.25) is 0 Å². The van der Waals surface area contributed by atoms with Gasteiger partial charge >= 0.3 is 0 Å². The number of hydrogen-bond acceptors (Lipinski definition) is 8. The first-order valence-corrected chi connectivity index (χ1v) is 20.5. The number of nitrogens with zero attached hydrogens (tertiary/aromatic N) is 2. The summed E-state index contributed by atoms with van der Waals surface area (Å²) in [4.78, 5) is 46.3. The summed E-state index contributed by atoms with van der Waals surface area (Å²) in [6, 6.07) is 8.72. The predicted octanol–water partition coefficient (Wildman–Crippen LogP) is 4.90. The molecule has 0 aromatic heterocycles. The van der Waals surface area contributed by atoms with E-state index in [1.165, 1.54) is 0 Å². The van der Waals surface area contributed by atoms with Crippen LogP contribution in [-0.4, -0.2) is 117 Å². The Bertz CT molecular complexity index is 1200. The molecule has 1 aliphatic carbocycles. The number of methoxy groups -OCH3 is 1. The summed E-state index contributed by atoms with van der Waals surface area (Å²) in [5, 5.41) is 22.2. The molecule has 3 rings (SSSR count). The van der Waals surface area contributed by atoms with Crippen LogP contribution in [0, 0.1) is 17.8 Å². The van der Waals surface area contributed by atoms with E-state index >= 15 is 0 Å². The molecular formula is C42H73N5O6. The van der Waals surface area contributed by atoms with Gasteiger partial charge in [-0.2, -0.15) is 0 Å². The number of benzene rings is 1. The number of hydrogen-bond donors (Lipinski definition) is 4. The van der Waals surface area contributed by atoms with E-state index in [2.05, 4.69) is 27.8 Å². The largest absolute Gasteiger partial charge is 0.391 e. The average molecular weight is 744 g/mol. The highest BCUT2D eigenvalue weighted by Crippen LogP contribution is 2.37. The van der Waals surface area contributed by atoms with Crippen LogP contribution in [0.4, 0.5) is 0 Å². The fourth-order valence-corrected chi connectivity index (χ4v) is 8.05. The first kappa shape index (κ1) is 44.8. The van der Waals surface area contributed by atoms with Crippen LogP contribution in [0.25, 0.3) is 0 Å². The van der Waals surface area contributed by atoms with E-state index in [4.69, 9.17) is 9.47 Å². The van der Waals surface area contributed by atoms with Crippen LogP contribution in [0.3, 0.4) is 0 Å². The number of aliphatic hydroxyl groups excluding tert-OH is 1. The SMILES string of the molecule is CCCCC(NC(Cc1ccccc1)C(=O)N1CCC(OCOC)CC1)C(=O)NC(C)(C(O)CC(C(=O)NCCCN(C)C)C(C)C)C1CCCCC1. The van der Waals surface area contributed by atoms with Gasteiger partial charge in [-0.3, -0.25) is 19.7 Å². The molecule has 1 aromatic carbocycles. The van der Waals surface area contributed by atoms with Crippen LogP contribution in [0.1, 0.15) is 110 Å². The third kappa shape index (κ3) is 14.5. The van der Waals surface area contributed by atoms with E-state index < -0.39 is 29.6 Å². The van der Waals surface area contributed by atoms with Crippen molar-refractivity contribution in [3.8, 4) is 0 Å². The van der Waals surface area contributed by atoms with Crippen molar-refractivity contribution in [1.29, 1.82) is 0 Å². The minimum absolute atomic E-state index is 0.0141. The maximum absolute atomic E-state index is 14.6. The second kappa shape index (κ2) is 23.4. The third-order valence-corrected chi connectivity index (χ3v) is 11.6. The number of aliphatic hydroxyl groups is 1. The van der Waals surface area contributed by atoms with Gasteiger partial charge in [-0.05, 0) is 96.3 Å². The molecule has 11 heteroatoms. The topological polar surface area (TPSA) is 132 Å². The van der Waals surface area contributed by atoms with Gasteiger partial charge < -0.3 is 35.0 Å². The number of ether oxygens (including phenoxy) is 2. The van der Waals surface area contributed by atoms with Crippen LogP contribution in [0.5, 0.6) is 0 Å². The molecule has 4 N–H and O–H groups in total. The Labute approximate surface area is 320 Å². The molecule has 1 saturated carbocycles. The fraction of sp³-hybridized carbons (Fsp3) is 0.786. The zero-order valence-corrected chi connectivity index (χ0v) is 34.0. The number of piperidine rings is 1. The lowest BCUT2D eigenvalue weighted by Gasteiger charge is -2.45. The number of carbonyl (C=O) groups excluding carboxylic acids is 3. The molecule has 3 amide bonds. The zero-order valence-electron chi connectivity index (χ0n) is 34.0. The van der Waals surface area contributed by atoms with Gasteiger partial charge in [0, 0.05) is 32.7 Å². The molecule has 0 bridgehead atoms. The molecular weight excluding hydrogens is 670 g/mol. The van der Waals surface area contributed by atoms with Crippen molar-refractivity contribution in [2.24, 2.45) is 17.8 Å². The van der Waals surface area contributed by atoms with Crippen molar-refractivity contribution < 1.29 is 29.0 Å². The van der Waals surface area contributed by atoms with Gasteiger partial charge in [-0.15, -0.1) is 0 Å². The number of amides is 3. The number of nitrogens with one attached hydrogen (secondary N) is 3. The molecule has 1 heterocycles. The molecule has 5 atom stereocenters. The highest BCUT2D eigenvalue weighted by molar-refractivity contribution is 5.86.